The Morgan fingerprint density at radius 2 is 2.16 bits per heavy atom. The van der Waals surface area contributed by atoms with Crippen LogP contribution in [0.15, 0.2) is 36.7 Å². The second kappa shape index (κ2) is 3.78. The van der Waals surface area contributed by atoms with Crippen LogP contribution in [0.1, 0.15) is 5.56 Å². The summed E-state index contributed by atoms with van der Waals surface area (Å²) in [6.45, 7) is 1.03. The van der Waals surface area contributed by atoms with Gasteiger partial charge in [-0.1, -0.05) is 6.07 Å². The fourth-order valence-electron chi connectivity index (χ4n) is 2.59. The van der Waals surface area contributed by atoms with E-state index in [2.05, 4.69) is 33.2 Å². The van der Waals surface area contributed by atoms with E-state index in [0.717, 1.165) is 35.8 Å². The van der Waals surface area contributed by atoms with Gasteiger partial charge >= 0.3 is 0 Å². The Hall–Kier alpha value is -2.43. The zero-order chi connectivity index (χ0) is 12.8. The maximum absolute atomic E-state index is 4.55. The number of hydrogen-bond donors (Lipinski definition) is 0. The maximum atomic E-state index is 4.55. The van der Waals surface area contributed by atoms with Crippen LogP contribution in [0.3, 0.4) is 0 Å². The van der Waals surface area contributed by atoms with Gasteiger partial charge in [0.05, 0.1) is 0 Å². The average Bonchev–Trinajstić information content (AvgIpc) is 3.03. The Kier molecular flexibility index (Phi) is 2.09. The van der Waals surface area contributed by atoms with E-state index in [1.54, 1.807) is 0 Å². The summed E-state index contributed by atoms with van der Waals surface area (Å²) in [5.41, 5.74) is 3.16. The van der Waals surface area contributed by atoms with Crippen molar-refractivity contribution in [1.29, 1.82) is 0 Å². The van der Waals surface area contributed by atoms with Gasteiger partial charge in [-0.15, -0.1) is 10.2 Å². The van der Waals surface area contributed by atoms with Gasteiger partial charge in [-0.05, 0) is 30.2 Å². The average molecular weight is 251 g/mol. The molecule has 0 fully saturated rings. The van der Waals surface area contributed by atoms with Gasteiger partial charge < -0.3 is 4.90 Å². The monoisotopic (exact) mass is 251 g/mol. The van der Waals surface area contributed by atoms with Gasteiger partial charge in [-0.3, -0.25) is 4.40 Å². The van der Waals surface area contributed by atoms with Crippen molar-refractivity contribution in [2.75, 3.05) is 18.5 Å². The van der Waals surface area contributed by atoms with Crippen LogP contribution in [0.2, 0.25) is 0 Å². The molecule has 0 bridgehead atoms. The lowest BCUT2D eigenvalue weighted by molar-refractivity contribution is 0.945. The molecule has 19 heavy (non-hydrogen) atoms. The van der Waals surface area contributed by atoms with Gasteiger partial charge in [-0.25, -0.2) is 4.98 Å². The largest absolute Gasteiger partial charge is 0.359 e. The van der Waals surface area contributed by atoms with E-state index in [9.17, 15) is 0 Å². The minimum Gasteiger partial charge on any atom is -0.359 e. The standard InChI is InChI=1S/C14H13N5/c1-18-7-5-10-8-11(9-15-13(10)18)14-17-16-12-4-2-3-6-19(12)14/h2-4,6,8-9H,5,7H2,1H3. The van der Waals surface area contributed by atoms with E-state index >= 15 is 0 Å². The molecule has 1 aliphatic rings. The molecule has 0 amide bonds. The fourth-order valence-corrected chi connectivity index (χ4v) is 2.59. The van der Waals surface area contributed by atoms with Crippen molar-refractivity contribution in [3.63, 3.8) is 0 Å². The molecule has 0 N–H and O–H groups in total. The molecule has 0 atom stereocenters. The van der Waals surface area contributed by atoms with Crippen molar-refractivity contribution in [1.82, 2.24) is 19.6 Å². The first-order valence-corrected chi connectivity index (χ1v) is 6.33. The molecule has 4 heterocycles. The van der Waals surface area contributed by atoms with Crippen molar-refractivity contribution in [3.8, 4) is 11.4 Å². The molecule has 1 aliphatic heterocycles. The third-order valence-corrected chi connectivity index (χ3v) is 3.59. The first-order chi connectivity index (χ1) is 9.33. The van der Waals surface area contributed by atoms with E-state index < -0.39 is 0 Å². The van der Waals surface area contributed by atoms with E-state index in [1.165, 1.54) is 5.56 Å². The summed E-state index contributed by atoms with van der Waals surface area (Å²) in [6.07, 6.45) is 4.90. The highest BCUT2D eigenvalue weighted by Crippen LogP contribution is 2.28. The van der Waals surface area contributed by atoms with Crippen molar-refractivity contribution in [2.24, 2.45) is 0 Å². The molecule has 0 aromatic carbocycles. The minimum absolute atomic E-state index is 0.848. The number of hydrogen-bond acceptors (Lipinski definition) is 4. The molecule has 0 spiro atoms. The quantitative estimate of drug-likeness (QED) is 0.661. The van der Waals surface area contributed by atoms with E-state index in [-0.39, 0.29) is 0 Å². The zero-order valence-corrected chi connectivity index (χ0v) is 10.6. The van der Waals surface area contributed by atoms with Crippen LogP contribution in [0, 0.1) is 0 Å². The molecule has 0 saturated carbocycles. The Labute approximate surface area is 110 Å². The van der Waals surface area contributed by atoms with Crippen molar-refractivity contribution in [2.45, 2.75) is 6.42 Å². The number of nitrogens with zero attached hydrogens (tertiary/aromatic N) is 5. The van der Waals surface area contributed by atoms with Gasteiger partial charge in [0.1, 0.15) is 5.82 Å². The predicted octanol–water partition coefficient (Wildman–Crippen LogP) is 1.78. The summed E-state index contributed by atoms with van der Waals surface area (Å²) in [4.78, 5) is 6.73. The van der Waals surface area contributed by atoms with Crippen LogP contribution in [-0.4, -0.2) is 33.2 Å². The molecule has 0 radical (unpaired) electrons. The van der Waals surface area contributed by atoms with Crippen molar-refractivity contribution >= 4 is 11.5 Å². The number of pyridine rings is 2. The summed E-state index contributed by atoms with van der Waals surface area (Å²) < 4.78 is 1.99. The molecule has 3 aromatic rings. The molecule has 4 rings (SSSR count). The smallest absolute Gasteiger partial charge is 0.169 e. The molecule has 5 heteroatoms. The Morgan fingerprint density at radius 1 is 1.21 bits per heavy atom. The van der Waals surface area contributed by atoms with Crippen LogP contribution >= 0.6 is 0 Å². The van der Waals surface area contributed by atoms with Crippen LogP contribution in [-0.2, 0) is 6.42 Å². The van der Waals surface area contributed by atoms with E-state index in [1.807, 2.05) is 35.0 Å². The van der Waals surface area contributed by atoms with Gasteiger partial charge in [0.25, 0.3) is 0 Å². The first-order valence-electron chi connectivity index (χ1n) is 6.33. The lowest BCUT2D eigenvalue weighted by Gasteiger charge is -2.10. The summed E-state index contributed by atoms with van der Waals surface area (Å²) in [5, 5.41) is 8.45. The molecule has 0 aliphatic carbocycles. The van der Waals surface area contributed by atoms with Crippen LogP contribution in [0.4, 0.5) is 5.82 Å². The van der Waals surface area contributed by atoms with E-state index in [4.69, 9.17) is 0 Å². The maximum Gasteiger partial charge on any atom is 0.169 e. The molecule has 0 saturated heterocycles. The number of aromatic nitrogens is 4. The molecule has 0 unspecified atom stereocenters. The van der Waals surface area contributed by atoms with Gasteiger partial charge in [0.2, 0.25) is 0 Å². The Bertz CT molecular complexity index is 761. The fraction of sp³-hybridized carbons (Fsp3) is 0.214. The number of anilines is 1. The second-order valence-electron chi connectivity index (χ2n) is 4.83. The van der Waals surface area contributed by atoms with Crippen molar-refractivity contribution in [3.05, 3.63) is 42.2 Å². The van der Waals surface area contributed by atoms with Gasteiger partial charge in [-0.2, -0.15) is 0 Å². The third-order valence-electron chi connectivity index (χ3n) is 3.59. The summed E-state index contributed by atoms with van der Waals surface area (Å²) >= 11 is 0. The predicted molar refractivity (Wildman–Crippen MR) is 73.2 cm³/mol. The van der Waals surface area contributed by atoms with Crippen LogP contribution in [0.25, 0.3) is 17.0 Å². The van der Waals surface area contributed by atoms with Gasteiger partial charge in [0, 0.05) is 31.5 Å². The third kappa shape index (κ3) is 1.51. The normalized spacial score (nSPS) is 14.1. The molecule has 5 nitrogen and oxygen atoms in total. The van der Waals surface area contributed by atoms with E-state index in [0.29, 0.717) is 0 Å². The zero-order valence-electron chi connectivity index (χ0n) is 10.6. The Morgan fingerprint density at radius 3 is 3.11 bits per heavy atom. The summed E-state index contributed by atoms with van der Waals surface area (Å²) in [5.74, 6) is 1.93. The molecular formula is C14H13N5. The minimum atomic E-state index is 0.848. The lowest BCUT2D eigenvalue weighted by Crippen LogP contribution is -2.13. The summed E-state index contributed by atoms with van der Waals surface area (Å²) in [6, 6.07) is 8.07. The summed E-state index contributed by atoms with van der Waals surface area (Å²) in [7, 11) is 2.07. The van der Waals surface area contributed by atoms with Gasteiger partial charge in [0.15, 0.2) is 11.5 Å². The number of fused-ring (bicyclic) bond motifs is 2. The topological polar surface area (TPSA) is 46.3 Å². The second-order valence-corrected chi connectivity index (χ2v) is 4.83. The first kappa shape index (κ1) is 10.5. The SMILES string of the molecule is CN1CCc2cc(-c3nnc4ccccn34)cnc21. The van der Waals surface area contributed by atoms with Crippen molar-refractivity contribution < 1.29 is 0 Å². The lowest BCUT2D eigenvalue weighted by atomic mass is 10.1. The molecule has 3 aromatic heterocycles. The number of rotatable bonds is 1. The highest BCUT2D eigenvalue weighted by atomic mass is 15.2. The number of likely N-dealkylation sites (N-methyl/N-ethyl adjacent to an activating group) is 1. The Balaban J connectivity index is 1.89. The molecular weight excluding hydrogens is 238 g/mol. The molecule has 94 valence electrons. The van der Waals surface area contributed by atoms with Crippen LogP contribution < -0.4 is 4.90 Å². The highest BCUT2D eigenvalue weighted by Gasteiger charge is 2.18. The highest BCUT2D eigenvalue weighted by molar-refractivity contribution is 5.64. The van der Waals surface area contributed by atoms with Crippen LogP contribution in [0.5, 0.6) is 0 Å².